The van der Waals surface area contributed by atoms with Gasteiger partial charge in [0.25, 0.3) is 0 Å². The Morgan fingerprint density at radius 2 is 2.03 bits per heavy atom. The predicted molar refractivity (Wildman–Crippen MR) is 124 cm³/mol. The highest BCUT2D eigenvalue weighted by molar-refractivity contribution is 5.83. The number of fused-ring (bicyclic) bond motifs is 1. The van der Waals surface area contributed by atoms with Gasteiger partial charge in [0, 0.05) is 35.8 Å². The summed E-state index contributed by atoms with van der Waals surface area (Å²) >= 11 is 0. The lowest BCUT2D eigenvalue weighted by Gasteiger charge is -2.13. The minimum atomic E-state index is -0.498. The normalized spacial score (nSPS) is 12.4. The number of aliphatic imine (C=N–C) groups is 1. The van der Waals surface area contributed by atoms with Gasteiger partial charge in [-0.1, -0.05) is 18.2 Å². The van der Waals surface area contributed by atoms with Gasteiger partial charge in [-0.3, -0.25) is 4.99 Å². The van der Waals surface area contributed by atoms with E-state index in [9.17, 15) is 4.39 Å². The molecule has 1 aromatic carbocycles. The molecule has 0 radical (unpaired) electrons. The number of aromatic nitrogens is 3. The van der Waals surface area contributed by atoms with Gasteiger partial charge in [-0.05, 0) is 57.2 Å². The van der Waals surface area contributed by atoms with E-state index in [-0.39, 0.29) is 6.04 Å². The molecule has 0 unspecified atom stereocenters. The average Bonchev–Trinajstić information content (AvgIpc) is 3.11. The number of nitrogens with one attached hydrogen (secondary N) is 3. The third kappa shape index (κ3) is 5.53. The van der Waals surface area contributed by atoms with Crippen molar-refractivity contribution in [3.8, 4) is 0 Å². The van der Waals surface area contributed by atoms with Crippen LogP contribution < -0.4 is 10.6 Å². The van der Waals surface area contributed by atoms with Gasteiger partial charge in [0.15, 0.2) is 5.82 Å². The number of allylic oxidation sites excluding steroid dienone is 3. The maximum atomic E-state index is 13.8. The molecule has 0 aliphatic heterocycles. The van der Waals surface area contributed by atoms with Crippen molar-refractivity contribution in [3.63, 3.8) is 0 Å². The molecular formula is C23H27FN6. The van der Waals surface area contributed by atoms with E-state index in [2.05, 4.69) is 49.4 Å². The number of para-hydroxylation sites is 1. The van der Waals surface area contributed by atoms with Crippen molar-refractivity contribution < 1.29 is 4.39 Å². The molecule has 0 aliphatic carbocycles. The second-order valence-corrected chi connectivity index (χ2v) is 7.32. The first kappa shape index (κ1) is 21.2. The summed E-state index contributed by atoms with van der Waals surface area (Å²) in [5.41, 5.74) is 2.97. The summed E-state index contributed by atoms with van der Waals surface area (Å²) in [5.74, 6) is 1.32. The largest absolute Gasteiger partial charge is 0.370 e. The molecule has 0 fully saturated rings. The SMILES string of the molecule is C=N/C=C(F)\C=C(/C)c1nc(NCCc2c[nH]c3ccccc23)cc(NC(C)C)n1. The lowest BCUT2D eigenvalue weighted by Crippen LogP contribution is -2.14. The van der Waals surface area contributed by atoms with Crippen LogP contribution in [0.1, 0.15) is 32.2 Å². The second kappa shape index (κ2) is 9.82. The summed E-state index contributed by atoms with van der Waals surface area (Å²) in [6, 6.07) is 10.3. The number of aromatic amines is 1. The molecule has 0 atom stereocenters. The summed E-state index contributed by atoms with van der Waals surface area (Å²) in [5, 5.41) is 7.88. The quantitative estimate of drug-likeness (QED) is 0.331. The zero-order valence-electron chi connectivity index (χ0n) is 17.5. The average molecular weight is 407 g/mol. The van der Waals surface area contributed by atoms with E-state index in [1.165, 1.54) is 17.0 Å². The Balaban J connectivity index is 1.78. The number of hydrogen-bond donors (Lipinski definition) is 3. The Bertz CT molecular complexity index is 1080. The molecule has 0 saturated carbocycles. The van der Waals surface area contributed by atoms with Crippen LogP contribution in [0.15, 0.2) is 59.6 Å². The van der Waals surface area contributed by atoms with Crippen LogP contribution in [-0.2, 0) is 6.42 Å². The van der Waals surface area contributed by atoms with Crippen molar-refractivity contribution in [2.24, 2.45) is 4.99 Å². The number of halogens is 1. The molecule has 3 N–H and O–H groups in total. The minimum Gasteiger partial charge on any atom is -0.370 e. The molecule has 0 aliphatic rings. The van der Waals surface area contributed by atoms with E-state index in [0.29, 0.717) is 29.6 Å². The molecule has 30 heavy (non-hydrogen) atoms. The number of H-pyrrole nitrogens is 1. The van der Waals surface area contributed by atoms with Gasteiger partial charge < -0.3 is 15.6 Å². The molecule has 3 aromatic rings. The fourth-order valence-corrected chi connectivity index (χ4v) is 3.14. The van der Waals surface area contributed by atoms with Crippen molar-refractivity contribution in [2.45, 2.75) is 33.2 Å². The first-order chi connectivity index (χ1) is 14.5. The Hall–Kier alpha value is -3.48. The Kier molecular flexibility index (Phi) is 6.95. The van der Waals surface area contributed by atoms with E-state index in [1.807, 2.05) is 38.2 Å². The first-order valence-corrected chi connectivity index (χ1v) is 9.91. The summed E-state index contributed by atoms with van der Waals surface area (Å²) in [6.07, 6.45) is 5.28. The van der Waals surface area contributed by atoms with Gasteiger partial charge >= 0.3 is 0 Å². The van der Waals surface area contributed by atoms with Crippen molar-refractivity contribution in [1.29, 1.82) is 0 Å². The molecule has 156 valence electrons. The maximum Gasteiger partial charge on any atom is 0.159 e. The van der Waals surface area contributed by atoms with Crippen LogP contribution in [0.25, 0.3) is 16.5 Å². The Morgan fingerprint density at radius 1 is 1.27 bits per heavy atom. The van der Waals surface area contributed by atoms with Crippen molar-refractivity contribution >= 4 is 34.8 Å². The van der Waals surface area contributed by atoms with Gasteiger partial charge in [-0.2, -0.15) is 0 Å². The van der Waals surface area contributed by atoms with Crippen LogP contribution in [-0.4, -0.2) is 34.3 Å². The summed E-state index contributed by atoms with van der Waals surface area (Å²) in [7, 11) is 0. The highest BCUT2D eigenvalue weighted by Crippen LogP contribution is 2.21. The highest BCUT2D eigenvalue weighted by Gasteiger charge is 2.09. The third-order valence-electron chi connectivity index (χ3n) is 4.46. The monoisotopic (exact) mass is 406 g/mol. The van der Waals surface area contributed by atoms with E-state index in [0.717, 1.165) is 18.1 Å². The molecule has 0 bridgehead atoms. The lowest BCUT2D eigenvalue weighted by molar-refractivity contribution is 0.664. The zero-order chi connectivity index (χ0) is 21.5. The molecule has 3 rings (SSSR count). The van der Waals surface area contributed by atoms with Gasteiger partial charge in [-0.15, -0.1) is 0 Å². The van der Waals surface area contributed by atoms with Crippen LogP contribution in [0, 0.1) is 0 Å². The Labute approximate surface area is 176 Å². The fraction of sp³-hybridized carbons (Fsp3) is 0.261. The smallest absolute Gasteiger partial charge is 0.159 e. The third-order valence-corrected chi connectivity index (χ3v) is 4.46. The molecule has 0 spiro atoms. The van der Waals surface area contributed by atoms with Crippen LogP contribution in [0.4, 0.5) is 16.0 Å². The maximum absolute atomic E-state index is 13.8. The van der Waals surface area contributed by atoms with Crippen LogP contribution in [0.3, 0.4) is 0 Å². The Morgan fingerprint density at radius 3 is 2.80 bits per heavy atom. The van der Waals surface area contributed by atoms with Crippen molar-refractivity contribution in [3.05, 3.63) is 66.0 Å². The first-order valence-electron chi connectivity index (χ1n) is 9.91. The number of rotatable bonds is 9. The number of anilines is 2. The summed E-state index contributed by atoms with van der Waals surface area (Å²) < 4.78 is 13.8. The molecule has 2 heterocycles. The van der Waals surface area contributed by atoms with Gasteiger partial charge in [0.2, 0.25) is 0 Å². The second-order valence-electron chi connectivity index (χ2n) is 7.32. The van der Waals surface area contributed by atoms with Gasteiger partial charge in [-0.25, -0.2) is 14.4 Å². The van der Waals surface area contributed by atoms with E-state index >= 15 is 0 Å². The number of benzene rings is 1. The number of nitrogens with zero attached hydrogens (tertiary/aromatic N) is 3. The number of hydrogen-bond acceptors (Lipinski definition) is 5. The molecule has 0 amide bonds. The molecule has 2 aromatic heterocycles. The van der Waals surface area contributed by atoms with E-state index < -0.39 is 5.83 Å². The highest BCUT2D eigenvalue weighted by atomic mass is 19.1. The fourth-order valence-electron chi connectivity index (χ4n) is 3.14. The summed E-state index contributed by atoms with van der Waals surface area (Å²) in [4.78, 5) is 15.8. The topological polar surface area (TPSA) is 78.0 Å². The lowest BCUT2D eigenvalue weighted by atomic mass is 10.1. The van der Waals surface area contributed by atoms with E-state index in [1.54, 1.807) is 6.92 Å². The van der Waals surface area contributed by atoms with Gasteiger partial charge in [0.1, 0.15) is 17.5 Å². The van der Waals surface area contributed by atoms with Crippen LogP contribution in [0.5, 0.6) is 0 Å². The molecule has 7 heteroatoms. The zero-order valence-corrected chi connectivity index (χ0v) is 17.5. The van der Waals surface area contributed by atoms with E-state index in [4.69, 9.17) is 0 Å². The molecular weight excluding hydrogens is 379 g/mol. The predicted octanol–water partition coefficient (Wildman–Crippen LogP) is 5.35. The molecule has 0 saturated heterocycles. The van der Waals surface area contributed by atoms with Crippen LogP contribution >= 0.6 is 0 Å². The van der Waals surface area contributed by atoms with Crippen LogP contribution in [0.2, 0.25) is 0 Å². The van der Waals surface area contributed by atoms with Crippen molar-refractivity contribution in [1.82, 2.24) is 15.0 Å². The standard InChI is InChI=1S/C23H27FN6/c1-15(2)28-22-12-21(29-23(30-22)16(3)11-18(24)14-25-4)26-10-9-17-13-27-20-8-6-5-7-19(17)20/h5-8,11-15,27H,4,9-10H2,1-3H3,(H2,26,28,29,30)/b16-11+,18-14+. The van der Waals surface area contributed by atoms with Gasteiger partial charge in [0.05, 0.1) is 6.20 Å². The summed E-state index contributed by atoms with van der Waals surface area (Å²) in [6.45, 7) is 9.80. The molecule has 6 nitrogen and oxygen atoms in total. The minimum absolute atomic E-state index is 0.206. The van der Waals surface area contributed by atoms with Crippen molar-refractivity contribution in [2.75, 3.05) is 17.2 Å².